The van der Waals surface area contributed by atoms with E-state index in [1.54, 1.807) is 23.5 Å². The molecule has 0 saturated heterocycles. The summed E-state index contributed by atoms with van der Waals surface area (Å²) in [5.41, 5.74) is 0.978. The van der Waals surface area contributed by atoms with Gasteiger partial charge in [0.1, 0.15) is 0 Å². The highest BCUT2D eigenvalue weighted by atomic mass is 32.1. The van der Waals surface area contributed by atoms with Gasteiger partial charge in [0.05, 0.1) is 15.1 Å². The summed E-state index contributed by atoms with van der Waals surface area (Å²) >= 11 is 1.54. The van der Waals surface area contributed by atoms with E-state index in [1.807, 2.05) is 0 Å². The molecule has 2 aromatic rings. The summed E-state index contributed by atoms with van der Waals surface area (Å²) in [6, 6.07) is 5.43. The summed E-state index contributed by atoms with van der Waals surface area (Å²) in [6.45, 7) is 0. The second-order valence-electron chi connectivity index (χ2n) is 5.31. The zero-order chi connectivity index (χ0) is 14.1. The van der Waals surface area contributed by atoms with Crippen molar-refractivity contribution in [1.29, 1.82) is 0 Å². The number of nitro benzene ring substituents is 1. The maximum absolute atomic E-state index is 10.8. The van der Waals surface area contributed by atoms with Crippen molar-refractivity contribution < 1.29 is 4.92 Å². The summed E-state index contributed by atoms with van der Waals surface area (Å²) < 4.78 is 0.886. The number of nitro groups is 1. The fourth-order valence-corrected chi connectivity index (χ4v) is 3.82. The molecule has 0 bridgehead atoms. The monoisotopic (exact) mass is 291 g/mol. The van der Waals surface area contributed by atoms with Gasteiger partial charge in [-0.2, -0.15) is 0 Å². The van der Waals surface area contributed by atoms with Crippen LogP contribution in [0.25, 0.3) is 10.2 Å². The van der Waals surface area contributed by atoms with E-state index in [9.17, 15) is 10.1 Å². The summed E-state index contributed by atoms with van der Waals surface area (Å²) in [5.74, 6) is 0. The second kappa shape index (κ2) is 5.36. The highest BCUT2D eigenvalue weighted by Gasteiger charge is 2.21. The molecule has 0 N–H and O–H groups in total. The molecule has 106 valence electrons. The molecule has 0 atom stereocenters. The number of rotatable bonds is 3. The van der Waals surface area contributed by atoms with E-state index in [4.69, 9.17) is 0 Å². The lowest BCUT2D eigenvalue weighted by atomic mass is 9.95. The average Bonchev–Trinajstić information content (AvgIpc) is 2.90. The molecule has 0 amide bonds. The molecular weight excluding hydrogens is 274 g/mol. The first-order valence-electron chi connectivity index (χ1n) is 6.93. The van der Waals surface area contributed by atoms with E-state index in [-0.39, 0.29) is 10.6 Å². The molecule has 1 aliphatic rings. The number of hydrogen-bond acceptors (Lipinski definition) is 5. The fourth-order valence-electron chi connectivity index (χ4n) is 2.79. The standard InChI is InChI=1S/C14H17N3O2S/c1-16(10-5-3-2-4-6-10)14-15-12-8-7-11(17(18)19)9-13(12)20-14/h7-10H,2-6H2,1H3. The van der Waals surface area contributed by atoms with Gasteiger partial charge in [-0.3, -0.25) is 10.1 Å². The van der Waals surface area contributed by atoms with Crippen molar-refractivity contribution >= 4 is 32.4 Å². The Labute approximate surface area is 121 Å². The zero-order valence-corrected chi connectivity index (χ0v) is 12.2. The average molecular weight is 291 g/mol. The van der Waals surface area contributed by atoms with Gasteiger partial charge < -0.3 is 4.90 Å². The molecule has 5 nitrogen and oxygen atoms in total. The topological polar surface area (TPSA) is 59.3 Å². The first kappa shape index (κ1) is 13.3. The molecule has 0 radical (unpaired) electrons. The van der Waals surface area contributed by atoms with Crippen molar-refractivity contribution in [1.82, 2.24) is 4.98 Å². The molecule has 1 aromatic heterocycles. The number of nitrogens with zero attached hydrogens (tertiary/aromatic N) is 3. The molecule has 20 heavy (non-hydrogen) atoms. The predicted octanol–water partition coefficient (Wildman–Crippen LogP) is 3.97. The van der Waals surface area contributed by atoms with Crippen LogP contribution in [0, 0.1) is 10.1 Å². The third-order valence-corrected chi connectivity index (χ3v) is 5.10. The minimum Gasteiger partial charge on any atom is -0.348 e. The van der Waals surface area contributed by atoms with E-state index in [0.29, 0.717) is 6.04 Å². The Morgan fingerprint density at radius 1 is 1.35 bits per heavy atom. The van der Waals surface area contributed by atoms with Crippen LogP contribution in [0.3, 0.4) is 0 Å². The largest absolute Gasteiger partial charge is 0.348 e. The summed E-state index contributed by atoms with van der Waals surface area (Å²) in [5, 5.41) is 11.8. The minimum atomic E-state index is -0.357. The van der Waals surface area contributed by atoms with Crippen LogP contribution in [-0.4, -0.2) is 23.0 Å². The summed E-state index contributed by atoms with van der Waals surface area (Å²) in [7, 11) is 2.09. The first-order valence-corrected chi connectivity index (χ1v) is 7.74. The van der Waals surface area contributed by atoms with Crippen LogP contribution in [0.5, 0.6) is 0 Å². The Morgan fingerprint density at radius 2 is 2.10 bits per heavy atom. The van der Waals surface area contributed by atoms with Gasteiger partial charge in [-0.15, -0.1) is 0 Å². The second-order valence-corrected chi connectivity index (χ2v) is 6.32. The Bertz CT molecular complexity index is 634. The van der Waals surface area contributed by atoms with Gasteiger partial charge in [-0.05, 0) is 18.9 Å². The van der Waals surface area contributed by atoms with Crippen molar-refractivity contribution in [2.45, 2.75) is 38.1 Å². The molecule has 1 aromatic carbocycles. The Hall–Kier alpha value is -1.69. The van der Waals surface area contributed by atoms with E-state index in [2.05, 4.69) is 16.9 Å². The van der Waals surface area contributed by atoms with Gasteiger partial charge in [0, 0.05) is 25.2 Å². The van der Waals surface area contributed by atoms with Crippen LogP contribution in [0.1, 0.15) is 32.1 Å². The number of fused-ring (bicyclic) bond motifs is 1. The lowest BCUT2D eigenvalue weighted by molar-refractivity contribution is -0.384. The van der Waals surface area contributed by atoms with Crippen molar-refractivity contribution in [3.05, 3.63) is 28.3 Å². The minimum absolute atomic E-state index is 0.132. The predicted molar refractivity (Wildman–Crippen MR) is 81.6 cm³/mol. The third-order valence-electron chi connectivity index (χ3n) is 4.00. The highest BCUT2D eigenvalue weighted by molar-refractivity contribution is 7.22. The van der Waals surface area contributed by atoms with Gasteiger partial charge in [0.25, 0.3) is 5.69 Å². The number of anilines is 1. The quantitative estimate of drug-likeness (QED) is 0.634. The zero-order valence-electron chi connectivity index (χ0n) is 11.4. The number of hydrogen-bond donors (Lipinski definition) is 0. The smallest absolute Gasteiger partial charge is 0.270 e. The number of non-ortho nitro benzene ring substituents is 1. The van der Waals surface area contributed by atoms with Gasteiger partial charge in [-0.1, -0.05) is 30.6 Å². The van der Waals surface area contributed by atoms with Crippen molar-refractivity contribution in [2.24, 2.45) is 0 Å². The van der Waals surface area contributed by atoms with Crippen molar-refractivity contribution in [2.75, 3.05) is 11.9 Å². The van der Waals surface area contributed by atoms with E-state index in [1.165, 1.54) is 38.2 Å². The maximum atomic E-state index is 10.8. The van der Waals surface area contributed by atoms with Crippen LogP contribution < -0.4 is 4.90 Å². The lowest BCUT2D eigenvalue weighted by Gasteiger charge is -2.30. The Kier molecular flexibility index (Phi) is 3.56. The van der Waals surface area contributed by atoms with Gasteiger partial charge >= 0.3 is 0 Å². The molecule has 0 spiro atoms. The molecule has 1 aliphatic carbocycles. The van der Waals surface area contributed by atoms with Crippen LogP contribution in [0.4, 0.5) is 10.8 Å². The summed E-state index contributed by atoms with van der Waals surface area (Å²) in [6.07, 6.45) is 6.33. The van der Waals surface area contributed by atoms with Gasteiger partial charge in [-0.25, -0.2) is 4.98 Å². The normalized spacial score (nSPS) is 16.4. The fraction of sp³-hybridized carbons (Fsp3) is 0.500. The number of thiazole rings is 1. The molecule has 1 saturated carbocycles. The number of benzene rings is 1. The Morgan fingerprint density at radius 3 is 2.80 bits per heavy atom. The molecule has 0 aliphatic heterocycles. The third kappa shape index (κ3) is 2.47. The molecule has 3 rings (SSSR count). The highest BCUT2D eigenvalue weighted by Crippen LogP contribution is 2.33. The molecule has 0 unspecified atom stereocenters. The van der Waals surface area contributed by atoms with Gasteiger partial charge in [0.15, 0.2) is 5.13 Å². The van der Waals surface area contributed by atoms with E-state index in [0.717, 1.165) is 15.3 Å². The molecule has 1 fully saturated rings. The maximum Gasteiger partial charge on any atom is 0.270 e. The number of aromatic nitrogens is 1. The van der Waals surface area contributed by atoms with Crippen LogP contribution >= 0.6 is 11.3 Å². The van der Waals surface area contributed by atoms with E-state index >= 15 is 0 Å². The first-order chi connectivity index (χ1) is 9.65. The van der Waals surface area contributed by atoms with Crippen LogP contribution in [0.15, 0.2) is 18.2 Å². The summed E-state index contributed by atoms with van der Waals surface area (Å²) in [4.78, 5) is 17.3. The molecule has 6 heteroatoms. The lowest BCUT2D eigenvalue weighted by Crippen LogP contribution is -2.33. The molecule has 1 heterocycles. The van der Waals surface area contributed by atoms with Crippen molar-refractivity contribution in [3.8, 4) is 0 Å². The van der Waals surface area contributed by atoms with Gasteiger partial charge in [0.2, 0.25) is 0 Å². The SMILES string of the molecule is CN(c1nc2ccc([N+](=O)[O-])cc2s1)C1CCCCC1. The van der Waals surface area contributed by atoms with E-state index < -0.39 is 0 Å². The van der Waals surface area contributed by atoms with Crippen LogP contribution in [-0.2, 0) is 0 Å². The molecular formula is C14H17N3O2S. The van der Waals surface area contributed by atoms with Crippen molar-refractivity contribution in [3.63, 3.8) is 0 Å². The van der Waals surface area contributed by atoms with Crippen LogP contribution in [0.2, 0.25) is 0 Å². The Balaban J connectivity index is 1.89.